The summed E-state index contributed by atoms with van der Waals surface area (Å²) in [7, 11) is 7.01. The van der Waals surface area contributed by atoms with Crippen molar-refractivity contribution >= 4 is 17.1 Å². The van der Waals surface area contributed by atoms with Crippen molar-refractivity contribution in [3.05, 3.63) is 24.3 Å². The van der Waals surface area contributed by atoms with E-state index in [1.54, 1.807) is 33.0 Å². The van der Waals surface area contributed by atoms with Gasteiger partial charge < -0.3 is 0 Å². The second-order valence-corrected chi connectivity index (χ2v) is 4.54. The van der Waals surface area contributed by atoms with Crippen LogP contribution in [0.5, 0.6) is 0 Å². The second-order valence-electron chi connectivity index (χ2n) is 4.54. The van der Waals surface area contributed by atoms with E-state index in [0.29, 0.717) is 0 Å². The fourth-order valence-corrected chi connectivity index (χ4v) is 1.80. The highest BCUT2D eigenvalue weighted by Gasteiger charge is 2.33. The molecule has 0 bridgehead atoms. The molecule has 1 aromatic heterocycles. The number of urea groups is 1. The second kappa shape index (κ2) is 3.81. The first-order chi connectivity index (χ1) is 7.94. The molecule has 0 unspecified atom stereocenters. The van der Waals surface area contributed by atoms with Gasteiger partial charge in [-0.3, -0.25) is 4.90 Å². The third-order valence-electron chi connectivity index (χ3n) is 2.66. The molecule has 90 valence electrons. The molecule has 0 aliphatic rings. The molecule has 0 saturated heterocycles. The van der Waals surface area contributed by atoms with Crippen molar-refractivity contribution < 1.29 is 4.79 Å². The lowest BCUT2D eigenvalue weighted by Gasteiger charge is -2.27. The molecule has 2 aromatic rings. The summed E-state index contributed by atoms with van der Waals surface area (Å²) >= 11 is 0. The molecule has 1 heterocycles. The number of aromatic nitrogens is 3. The molecule has 0 aliphatic carbocycles. The average Bonchev–Trinajstić information content (AvgIpc) is 2.72. The van der Waals surface area contributed by atoms with Gasteiger partial charge in [-0.15, -0.1) is 9.69 Å². The first-order valence-corrected chi connectivity index (χ1v) is 5.31. The average molecular weight is 234 g/mol. The molecule has 6 nitrogen and oxygen atoms in total. The van der Waals surface area contributed by atoms with Gasteiger partial charge in [0.2, 0.25) is 0 Å². The summed E-state index contributed by atoms with van der Waals surface area (Å²) in [6.07, 6.45) is 0. The zero-order valence-corrected chi connectivity index (χ0v) is 10.5. The monoisotopic (exact) mass is 234 g/mol. The standard InChI is InChI=1S/C11H16N5O/c1-14(2)11(17)16(3,4)15-10-8-6-5-7-9(10)12-13-15/h5-8H,1-4H3/q+1. The van der Waals surface area contributed by atoms with Crippen molar-refractivity contribution in [1.29, 1.82) is 0 Å². The molecule has 2 amide bonds. The molecule has 0 spiro atoms. The maximum Gasteiger partial charge on any atom is 0.444 e. The smallest absolute Gasteiger partial charge is 0.296 e. The van der Waals surface area contributed by atoms with E-state index in [4.69, 9.17) is 0 Å². The molecule has 1 aromatic carbocycles. The van der Waals surface area contributed by atoms with Gasteiger partial charge in [0.25, 0.3) is 0 Å². The number of carbonyl (C=O) groups excluding carboxylic acids is 1. The number of benzene rings is 1. The minimum atomic E-state index is -0.0688. The molecular weight excluding hydrogens is 218 g/mol. The Balaban J connectivity index is 2.56. The third kappa shape index (κ3) is 1.76. The Labute approximate surface area is 99.6 Å². The number of hydrogen-bond acceptors (Lipinski definition) is 3. The lowest BCUT2D eigenvalue weighted by Crippen LogP contribution is -2.60. The van der Waals surface area contributed by atoms with Crippen LogP contribution in [0.25, 0.3) is 11.0 Å². The van der Waals surface area contributed by atoms with Crippen molar-refractivity contribution in [1.82, 2.24) is 24.6 Å². The number of hydrogen-bond donors (Lipinski definition) is 0. The minimum absolute atomic E-state index is 0.0203. The van der Waals surface area contributed by atoms with Crippen molar-refractivity contribution in [3.63, 3.8) is 0 Å². The highest BCUT2D eigenvalue weighted by Crippen LogP contribution is 2.13. The number of fused-ring (bicyclic) bond motifs is 1. The largest absolute Gasteiger partial charge is 0.444 e. The SMILES string of the molecule is CN(C)C(=O)[N+](C)(C)n1nnc2ccccc21. The summed E-state index contributed by atoms with van der Waals surface area (Å²) in [5.74, 6) is 0. The summed E-state index contributed by atoms with van der Waals surface area (Å²) < 4.78 is -0.0203. The van der Waals surface area contributed by atoms with Gasteiger partial charge >= 0.3 is 6.03 Å². The van der Waals surface area contributed by atoms with Gasteiger partial charge in [-0.05, 0) is 17.3 Å². The number of nitrogens with zero attached hydrogens (tertiary/aromatic N) is 5. The first-order valence-electron chi connectivity index (χ1n) is 5.31. The number of carbonyl (C=O) groups is 1. The van der Waals surface area contributed by atoms with Crippen molar-refractivity contribution in [3.8, 4) is 0 Å². The van der Waals surface area contributed by atoms with Gasteiger partial charge in [-0.2, -0.15) is 0 Å². The summed E-state index contributed by atoms with van der Waals surface area (Å²) in [5, 5.41) is 8.12. The van der Waals surface area contributed by atoms with Crippen LogP contribution in [-0.2, 0) is 0 Å². The van der Waals surface area contributed by atoms with Crippen LogP contribution in [0, 0.1) is 0 Å². The summed E-state index contributed by atoms with van der Waals surface area (Å²) in [5.41, 5.74) is 1.62. The van der Waals surface area contributed by atoms with E-state index in [1.807, 2.05) is 24.3 Å². The number of amides is 2. The molecular formula is C11H16N5O+. The van der Waals surface area contributed by atoms with Crippen molar-refractivity contribution in [2.45, 2.75) is 0 Å². The Bertz CT molecular complexity index is 558. The van der Waals surface area contributed by atoms with Gasteiger partial charge in [0.05, 0.1) is 0 Å². The van der Waals surface area contributed by atoms with Crippen LogP contribution in [0.2, 0.25) is 0 Å². The highest BCUT2D eigenvalue weighted by molar-refractivity contribution is 5.82. The molecule has 6 heteroatoms. The topological polar surface area (TPSA) is 51.0 Å². The molecule has 0 radical (unpaired) electrons. The lowest BCUT2D eigenvalue weighted by molar-refractivity contribution is 0.142. The summed E-state index contributed by atoms with van der Waals surface area (Å²) in [4.78, 5) is 15.3. The zero-order valence-electron chi connectivity index (χ0n) is 10.5. The molecule has 0 saturated carbocycles. The summed E-state index contributed by atoms with van der Waals surface area (Å²) in [6.45, 7) is 0. The fourth-order valence-electron chi connectivity index (χ4n) is 1.80. The first kappa shape index (κ1) is 11.5. The number of rotatable bonds is 1. The van der Waals surface area contributed by atoms with Crippen LogP contribution in [0.1, 0.15) is 0 Å². The predicted octanol–water partition coefficient (Wildman–Crippen LogP) is 0.811. The molecule has 2 rings (SSSR count). The van der Waals surface area contributed by atoms with E-state index in [9.17, 15) is 4.79 Å². The van der Waals surface area contributed by atoms with Crippen LogP contribution >= 0.6 is 0 Å². The van der Waals surface area contributed by atoms with Gasteiger partial charge in [0.15, 0.2) is 0 Å². The van der Waals surface area contributed by atoms with Gasteiger partial charge in [0.1, 0.15) is 25.1 Å². The number of para-hydroxylation sites is 1. The van der Waals surface area contributed by atoms with Crippen LogP contribution in [0.3, 0.4) is 0 Å². The molecule has 17 heavy (non-hydrogen) atoms. The van der Waals surface area contributed by atoms with Crippen molar-refractivity contribution in [2.24, 2.45) is 0 Å². The van der Waals surface area contributed by atoms with E-state index in [1.165, 1.54) is 4.90 Å². The van der Waals surface area contributed by atoms with Crippen molar-refractivity contribution in [2.75, 3.05) is 28.2 Å². The Morgan fingerprint density at radius 1 is 1.29 bits per heavy atom. The van der Waals surface area contributed by atoms with E-state index in [0.717, 1.165) is 11.0 Å². The minimum Gasteiger partial charge on any atom is -0.296 e. The van der Waals surface area contributed by atoms with E-state index >= 15 is 0 Å². The Morgan fingerprint density at radius 3 is 2.59 bits per heavy atom. The van der Waals surface area contributed by atoms with Crippen LogP contribution < -0.4 is 4.59 Å². The molecule has 0 atom stereocenters. The predicted molar refractivity (Wildman–Crippen MR) is 66.0 cm³/mol. The third-order valence-corrected chi connectivity index (χ3v) is 2.66. The Hall–Kier alpha value is -1.95. The van der Waals surface area contributed by atoms with Gasteiger partial charge in [-0.25, -0.2) is 4.79 Å². The van der Waals surface area contributed by atoms with Gasteiger partial charge in [-0.1, -0.05) is 16.9 Å². The molecule has 0 aliphatic heterocycles. The van der Waals surface area contributed by atoms with Gasteiger partial charge in [0, 0.05) is 14.1 Å². The molecule has 0 N–H and O–H groups in total. The Morgan fingerprint density at radius 2 is 1.94 bits per heavy atom. The highest BCUT2D eigenvalue weighted by atomic mass is 16.2. The Kier molecular flexibility index (Phi) is 2.59. The van der Waals surface area contributed by atoms with Crippen LogP contribution in [-0.4, -0.2) is 54.2 Å². The quantitative estimate of drug-likeness (QED) is 0.686. The zero-order chi connectivity index (χ0) is 12.6. The van der Waals surface area contributed by atoms with Crippen LogP contribution in [0.4, 0.5) is 4.79 Å². The summed E-state index contributed by atoms with van der Waals surface area (Å²) in [6, 6.07) is 7.51. The van der Waals surface area contributed by atoms with E-state index in [2.05, 4.69) is 10.3 Å². The van der Waals surface area contributed by atoms with E-state index in [-0.39, 0.29) is 10.6 Å². The number of quaternary nitrogens is 1. The fraction of sp³-hybridized carbons (Fsp3) is 0.364. The maximum absolute atomic E-state index is 12.1. The molecule has 0 fully saturated rings. The van der Waals surface area contributed by atoms with Crippen LogP contribution in [0.15, 0.2) is 24.3 Å². The van der Waals surface area contributed by atoms with E-state index < -0.39 is 0 Å². The maximum atomic E-state index is 12.1. The normalized spacial score (nSPS) is 11.8. The lowest BCUT2D eigenvalue weighted by atomic mass is 10.3.